The fourth-order valence-corrected chi connectivity index (χ4v) is 3.17. The second-order valence-electron chi connectivity index (χ2n) is 6.17. The number of aromatic nitrogens is 2. The average Bonchev–Trinajstić information content (AvgIpc) is 2.56. The van der Waals surface area contributed by atoms with Crippen molar-refractivity contribution in [3.63, 3.8) is 0 Å². The van der Waals surface area contributed by atoms with Crippen LogP contribution in [0.15, 0.2) is 64.0 Å². The third-order valence-electron chi connectivity index (χ3n) is 4.01. The molecule has 24 heavy (non-hydrogen) atoms. The second kappa shape index (κ2) is 7.28. The number of halogens is 1. The highest BCUT2D eigenvalue weighted by molar-refractivity contribution is 9.10. The van der Waals surface area contributed by atoms with E-state index in [0.717, 1.165) is 10.2 Å². The summed E-state index contributed by atoms with van der Waals surface area (Å²) in [6, 6.07) is 15.9. The van der Waals surface area contributed by atoms with Gasteiger partial charge in [0.2, 0.25) is 0 Å². The average molecular weight is 386 g/mol. The highest BCUT2D eigenvalue weighted by atomic mass is 79.9. The maximum atomic E-state index is 12.3. The zero-order chi connectivity index (χ0) is 17.1. The van der Waals surface area contributed by atoms with Crippen LogP contribution >= 0.6 is 15.9 Å². The molecule has 3 aromatic rings. The lowest BCUT2D eigenvalue weighted by molar-refractivity contribution is 0.408. The Hall–Kier alpha value is -1.98. The molecule has 0 bridgehead atoms. The lowest BCUT2D eigenvalue weighted by Crippen LogP contribution is -2.27. The highest BCUT2D eigenvalue weighted by Gasteiger charge is 2.15. The van der Waals surface area contributed by atoms with Gasteiger partial charge in [0.25, 0.3) is 5.56 Å². The molecule has 0 fully saturated rings. The van der Waals surface area contributed by atoms with Gasteiger partial charge in [0.05, 0.1) is 5.69 Å². The zero-order valence-electron chi connectivity index (χ0n) is 13.7. The minimum absolute atomic E-state index is 0.0705. The Balaban J connectivity index is 1.84. The molecular weight excluding hydrogens is 366 g/mol. The molecule has 1 atom stereocenters. The molecule has 5 heteroatoms. The van der Waals surface area contributed by atoms with Crippen LogP contribution in [0.3, 0.4) is 0 Å². The summed E-state index contributed by atoms with van der Waals surface area (Å²) >= 11 is 3.38. The molecule has 0 aliphatic carbocycles. The van der Waals surface area contributed by atoms with Crippen LogP contribution in [-0.2, 0) is 6.54 Å². The van der Waals surface area contributed by atoms with Gasteiger partial charge in [-0.3, -0.25) is 9.20 Å². The molecule has 2 heterocycles. The predicted molar refractivity (Wildman–Crippen MR) is 100 cm³/mol. The molecule has 0 saturated carbocycles. The fourth-order valence-electron chi connectivity index (χ4n) is 2.83. The largest absolute Gasteiger partial charge is 0.304 e. The van der Waals surface area contributed by atoms with Gasteiger partial charge in [0.1, 0.15) is 5.65 Å². The van der Waals surface area contributed by atoms with Gasteiger partial charge in [0, 0.05) is 29.3 Å². The Morgan fingerprint density at radius 2 is 1.92 bits per heavy atom. The fraction of sp³-hybridized carbons (Fsp3) is 0.263. The van der Waals surface area contributed by atoms with E-state index < -0.39 is 0 Å². The summed E-state index contributed by atoms with van der Waals surface area (Å²) in [5.41, 5.74) is 2.58. The van der Waals surface area contributed by atoms with Crippen LogP contribution in [-0.4, -0.2) is 9.38 Å². The number of nitrogens with zero attached hydrogens (tertiary/aromatic N) is 2. The van der Waals surface area contributed by atoms with Crippen molar-refractivity contribution < 1.29 is 0 Å². The molecule has 4 nitrogen and oxygen atoms in total. The smallest absolute Gasteiger partial charge is 0.258 e. The van der Waals surface area contributed by atoms with Crippen LogP contribution in [0.2, 0.25) is 0 Å². The van der Waals surface area contributed by atoms with E-state index >= 15 is 0 Å². The van der Waals surface area contributed by atoms with Gasteiger partial charge in [-0.05, 0) is 39.5 Å². The Morgan fingerprint density at radius 3 is 2.62 bits per heavy atom. The number of nitrogens with one attached hydrogen (secondary N) is 1. The first-order valence-electron chi connectivity index (χ1n) is 8.01. The van der Waals surface area contributed by atoms with Crippen molar-refractivity contribution in [1.82, 2.24) is 14.7 Å². The molecule has 2 aromatic heterocycles. The molecule has 124 valence electrons. The van der Waals surface area contributed by atoms with Gasteiger partial charge in [-0.15, -0.1) is 0 Å². The maximum Gasteiger partial charge on any atom is 0.258 e. The highest BCUT2D eigenvalue weighted by Crippen LogP contribution is 2.21. The minimum atomic E-state index is -0.0705. The van der Waals surface area contributed by atoms with Gasteiger partial charge >= 0.3 is 0 Å². The van der Waals surface area contributed by atoms with Crippen molar-refractivity contribution in [1.29, 1.82) is 0 Å². The van der Waals surface area contributed by atoms with Gasteiger partial charge in [-0.1, -0.05) is 44.2 Å². The third kappa shape index (κ3) is 3.74. The number of benzene rings is 1. The number of fused-ring (bicyclic) bond motifs is 1. The van der Waals surface area contributed by atoms with Crippen molar-refractivity contribution in [3.8, 4) is 0 Å². The summed E-state index contributed by atoms with van der Waals surface area (Å²) in [7, 11) is 0. The first kappa shape index (κ1) is 16.9. The molecule has 3 rings (SSSR count). The number of hydrogen-bond donors (Lipinski definition) is 1. The van der Waals surface area contributed by atoms with Crippen molar-refractivity contribution >= 4 is 21.6 Å². The normalized spacial score (nSPS) is 12.7. The molecule has 0 radical (unpaired) electrons. The van der Waals surface area contributed by atoms with Crippen LogP contribution in [0.1, 0.15) is 31.1 Å². The van der Waals surface area contributed by atoms with E-state index in [1.54, 1.807) is 16.7 Å². The van der Waals surface area contributed by atoms with Crippen LogP contribution in [0.5, 0.6) is 0 Å². The molecule has 0 amide bonds. The summed E-state index contributed by atoms with van der Waals surface area (Å²) in [4.78, 5) is 16.9. The van der Waals surface area contributed by atoms with E-state index in [1.807, 2.05) is 30.3 Å². The lowest BCUT2D eigenvalue weighted by atomic mass is 9.96. The van der Waals surface area contributed by atoms with E-state index in [4.69, 9.17) is 0 Å². The van der Waals surface area contributed by atoms with E-state index in [-0.39, 0.29) is 11.6 Å². The van der Waals surface area contributed by atoms with Gasteiger partial charge < -0.3 is 5.32 Å². The summed E-state index contributed by atoms with van der Waals surface area (Å²) < 4.78 is 2.40. The number of hydrogen-bond acceptors (Lipinski definition) is 3. The standard InChI is InChI=1S/C19H20BrN3O/c1-13(2)19(14-6-4-3-5-7-14)21-11-16-10-18(24)23-12-15(20)8-9-17(23)22-16/h3-10,12-13,19,21H,11H2,1-2H3/t19-/m1/s1. The molecule has 1 N–H and O–H groups in total. The first-order valence-corrected chi connectivity index (χ1v) is 8.80. The van der Waals surface area contributed by atoms with E-state index in [9.17, 15) is 4.79 Å². The Morgan fingerprint density at radius 1 is 1.17 bits per heavy atom. The molecule has 0 unspecified atom stereocenters. The molecule has 0 aliphatic rings. The third-order valence-corrected chi connectivity index (χ3v) is 4.47. The maximum absolute atomic E-state index is 12.3. The quantitative estimate of drug-likeness (QED) is 0.723. The summed E-state index contributed by atoms with van der Waals surface area (Å²) in [6.07, 6.45) is 1.74. The molecule has 0 aliphatic heterocycles. The molecule has 0 saturated heterocycles. The van der Waals surface area contributed by atoms with E-state index in [2.05, 4.69) is 52.2 Å². The Labute approximate surface area is 149 Å². The van der Waals surface area contributed by atoms with Gasteiger partial charge in [-0.25, -0.2) is 4.98 Å². The van der Waals surface area contributed by atoms with Crippen molar-refractivity contribution in [2.24, 2.45) is 5.92 Å². The lowest BCUT2D eigenvalue weighted by Gasteiger charge is -2.23. The van der Waals surface area contributed by atoms with Crippen molar-refractivity contribution in [2.75, 3.05) is 0 Å². The second-order valence-corrected chi connectivity index (χ2v) is 7.09. The minimum Gasteiger partial charge on any atom is -0.304 e. The first-order chi connectivity index (χ1) is 11.5. The molecule has 0 spiro atoms. The zero-order valence-corrected chi connectivity index (χ0v) is 15.3. The summed E-state index contributed by atoms with van der Waals surface area (Å²) in [5, 5.41) is 3.54. The molecular formula is C19H20BrN3O. The van der Waals surface area contributed by atoms with Crippen LogP contribution in [0.4, 0.5) is 0 Å². The summed E-state index contributed by atoms with van der Waals surface area (Å²) in [5.74, 6) is 0.435. The monoisotopic (exact) mass is 385 g/mol. The SMILES string of the molecule is CC(C)[C@@H](NCc1cc(=O)n2cc(Br)ccc2n1)c1ccccc1. The van der Waals surface area contributed by atoms with Gasteiger partial charge in [-0.2, -0.15) is 0 Å². The van der Waals surface area contributed by atoms with Gasteiger partial charge in [0.15, 0.2) is 0 Å². The predicted octanol–water partition coefficient (Wildman–Crippen LogP) is 3.94. The van der Waals surface area contributed by atoms with E-state index in [1.165, 1.54) is 5.56 Å². The molecule has 1 aromatic carbocycles. The Kier molecular flexibility index (Phi) is 5.11. The Bertz CT molecular complexity index is 890. The van der Waals surface area contributed by atoms with Crippen LogP contribution in [0, 0.1) is 5.92 Å². The van der Waals surface area contributed by atoms with Crippen LogP contribution < -0.4 is 10.9 Å². The topological polar surface area (TPSA) is 46.4 Å². The van der Waals surface area contributed by atoms with Crippen LogP contribution in [0.25, 0.3) is 5.65 Å². The number of pyridine rings is 1. The van der Waals surface area contributed by atoms with Crippen molar-refractivity contribution in [2.45, 2.75) is 26.4 Å². The van der Waals surface area contributed by atoms with Crippen molar-refractivity contribution in [3.05, 3.63) is 80.8 Å². The number of rotatable bonds is 5. The summed E-state index contributed by atoms with van der Waals surface area (Å²) in [6.45, 7) is 4.93. The van der Waals surface area contributed by atoms with E-state index in [0.29, 0.717) is 18.1 Å².